The molecule has 158 valence electrons. The Hall–Kier alpha value is -1.26. The monoisotopic (exact) mass is 409 g/mol. The van der Waals surface area contributed by atoms with E-state index in [-0.39, 0.29) is 18.4 Å². The summed E-state index contributed by atoms with van der Waals surface area (Å²) in [5, 5.41) is 0. The standard InChI is InChI=1S/C23H36NO3.ClH/c1-19-9-6-7-16-24(19,2)17-8-18-26-23(25)20-12-14-22(15-13-20)27-21-10-4-3-5-11-21;/h12-15,19,21H,3-11,16-18H2,1-2H3;1H/q+1;/p-1. The number of nitrogens with zero attached hydrogens (tertiary/aromatic N) is 1. The van der Waals surface area contributed by atoms with Crippen molar-refractivity contribution in [3.63, 3.8) is 0 Å². The quantitative estimate of drug-likeness (QED) is 0.392. The van der Waals surface area contributed by atoms with E-state index in [0.717, 1.165) is 36.0 Å². The van der Waals surface area contributed by atoms with Crippen molar-refractivity contribution in [3.8, 4) is 5.75 Å². The highest BCUT2D eigenvalue weighted by Crippen LogP contribution is 2.25. The smallest absolute Gasteiger partial charge is 0.338 e. The first-order valence-electron chi connectivity index (χ1n) is 10.8. The summed E-state index contributed by atoms with van der Waals surface area (Å²) in [6.07, 6.45) is 11.3. The molecule has 1 aromatic rings. The number of quaternary nitrogens is 1. The minimum Gasteiger partial charge on any atom is -1.00 e. The highest BCUT2D eigenvalue weighted by atomic mass is 35.5. The van der Waals surface area contributed by atoms with Crippen LogP contribution in [0.4, 0.5) is 0 Å². The number of benzene rings is 1. The van der Waals surface area contributed by atoms with Crippen LogP contribution in [0.25, 0.3) is 0 Å². The summed E-state index contributed by atoms with van der Waals surface area (Å²) in [5.41, 5.74) is 0.609. The average Bonchev–Trinajstić information content (AvgIpc) is 2.69. The van der Waals surface area contributed by atoms with Crippen LogP contribution in [0.5, 0.6) is 5.75 Å². The molecule has 0 amide bonds. The van der Waals surface area contributed by atoms with Crippen molar-refractivity contribution >= 4 is 5.97 Å². The van der Waals surface area contributed by atoms with Crippen LogP contribution in [0.3, 0.4) is 0 Å². The molecule has 2 fully saturated rings. The minimum absolute atomic E-state index is 0. The predicted octanol–water partition coefficient (Wildman–Crippen LogP) is 1.97. The number of esters is 1. The zero-order valence-corrected chi connectivity index (χ0v) is 18.3. The fourth-order valence-corrected chi connectivity index (χ4v) is 4.50. The Morgan fingerprint density at radius 1 is 1.04 bits per heavy atom. The second-order valence-corrected chi connectivity index (χ2v) is 8.66. The Kier molecular flexibility index (Phi) is 9.10. The van der Waals surface area contributed by atoms with E-state index in [1.807, 2.05) is 24.3 Å². The van der Waals surface area contributed by atoms with Gasteiger partial charge in [0, 0.05) is 6.42 Å². The summed E-state index contributed by atoms with van der Waals surface area (Å²) in [6, 6.07) is 8.15. The number of hydrogen-bond donors (Lipinski definition) is 0. The lowest BCUT2D eigenvalue weighted by atomic mass is 9.98. The number of ether oxygens (including phenoxy) is 2. The number of rotatable bonds is 7. The number of piperidine rings is 1. The molecule has 1 saturated heterocycles. The van der Waals surface area contributed by atoms with Crippen molar-refractivity contribution in [2.45, 2.75) is 76.9 Å². The van der Waals surface area contributed by atoms with E-state index < -0.39 is 0 Å². The van der Waals surface area contributed by atoms with Crippen LogP contribution in [0, 0.1) is 0 Å². The Bertz CT molecular complexity index is 600. The molecule has 2 atom stereocenters. The van der Waals surface area contributed by atoms with Crippen LogP contribution >= 0.6 is 0 Å². The molecule has 0 N–H and O–H groups in total. The first-order chi connectivity index (χ1) is 13.1. The minimum atomic E-state index is -0.228. The van der Waals surface area contributed by atoms with Crippen LogP contribution in [-0.4, -0.2) is 49.3 Å². The molecule has 0 radical (unpaired) electrons. The Labute approximate surface area is 176 Å². The first kappa shape index (κ1) is 23.0. The van der Waals surface area contributed by atoms with E-state index in [0.29, 0.717) is 24.3 Å². The van der Waals surface area contributed by atoms with Gasteiger partial charge in [-0.25, -0.2) is 4.79 Å². The highest BCUT2D eigenvalue weighted by molar-refractivity contribution is 5.89. The van der Waals surface area contributed by atoms with Gasteiger partial charge in [-0.05, 0) is 76.1 Å². The van der Waals surface area contributed by atoms with Crippen LogP contribution in [0.1, 0.15) is 75.1 Å². The molecule has 2 unspecified atom stereocenters. The molecular weight excluding hydrogens is 374 g/mol. The van der Waals surface area contributed by atoms with Crippen LogP contribution in [-0.2, 0) is 4.74 Å². The maximum Gasteiger partial charge on any atom is 0.338 e. The molecule has 1 heterocycles. The van der Waals surface area contributed by atoms with Gasteiger partial charge in [0.1, 0.15) is 5.75 Å². The van der Waals surface area contributed by atoms with Gasteiger partial charge in [0.2, 0.25) is 0 Å². The number of carbonyl (C=O) groups excluding carboxylic acids is 1. The largest absolute Gasteiger partial charge is 1.00 e. The summed E-state index contributed by atoms with van der Waals surface area (Å²) in [6.45, 7) is 5.18. The van der Waals surface area contributed by atoms with Gasteiger partial charge in [0.25, 0.3) is 0 Å². The Morgan fingerprint density at radius 3 is 2.39 bits per heavy atom. The number of hydrogen-bond acceptors (Lipinski definition) is 3. The fraction of sp³-hybridized carbons (Fsp3) is 0.696. The van der Waals surface area contributed by atoms with E-state index >= 15 is 0 Å². The lowest BCUT2D eigenvalue weighted by Crippen LogP contribution is -3.00. The molecule has 0 spiro atoms. The van der Waals surface area contributed by atoms with Crippen LogP contribution < -0.4 is 17.1 Å². The van der Waals surface area contributed by atoms with Crippen LogP contribution in [0.2, 0.25) is 0 Å². The maximum atomic E-state index is 12.3. The average molecular weight is 410 g/mol. The Balaban J connectivity index is 0.00000280. The molecule has 5 heteroatoms. The number of carbonyl (C=O) groups is 1. The van der Waals surface area contributed by atoms with E-state index in [1.54, 1.807) is 0 Å². The molecule has 3 rings (SSSR count). The van der Waals surface area contributed by atoms with Gasteiger partial charge >= 0.3 is 5.97 Å². The third kappa shape index (κ3) is 6.38. The van der Waals surface area contributed by atoms with Gasteiger partial charge in [-0.3, -0.25) is 0 Å². The third-order valence-electron chi connectivity index (χ3n) is 6.60. The molecule has 28 heavy (non-hydrogen) atoms. The SMILES string of the molecule is CC1CCCC[N+]1(C)CCCOC(=O)c1ccc(OC2CCCCC2)cc1.[Cl-]. The molecule has 0 bridgehead atoms. The van der Waals surface area contributed by atoms with Crippen molar-refractivity contribution in [1.29, 1.82) is 0 Å². The molecule has 4 nitrogen and oxygen atoms in total. The molecule has 0 aromatic heterocycles. The second kappa shape index (κ2) is 11.1. The number of likely N-dealkylation sites (tertiary alicyclic amines) is 1. The molecule has 1 aromatic carbocycles. The van der Waals surface area contributed by atoms with Crippen molar-refractivity contribution < 1.29 is 31.2 Å². The zero-order chi connectivity index (χ0) is 19.1. The van der Waals surface area contributed by atoms with Gasteiger partial charge in [0.05, 0.1) is 44.5 Å². The molecule has 2 aliphatic rings. The third-order valence-corrected chi connectivity index (χ3v) is 6.60. The zero-order valence-electron chi connectivity index (χ0n) is 17.5. The highest BCUT2D eigenvalue weighted by Gasteiger charge is 2.31. The Morgan fingerprint density at radius 2 is 1.71 bits per heavy atom. The van der Waals surface area contributed by atoms with Crippen molar-refractivity contribution in [2.24, 2.45) is 0 Å². The lowest BCUT2D eigenvalue weighted by molar-refractivity contribution is -0.936. The second-order valence-electron chi connectivity index (χ2n) is 8.66. The number of halogens is 1. The van der Waals surface area contributed by atoms with Crippen LogP contribution in [0.15, 0.2) is 24.3 Å². The molecule has 1 aliphatic carbocycles. The summed E-state index contributed by atoms with van der Waals surface area (Å²) >= 11 is 0. The topological polar surface area (TPSA) is 35.5 Å². The summed E-state index contributed by atoms with van der Waals surface area (Å²) in [5.74, 6) is 0.628. The van der Waals surface area contributed by atoms with Gasteiger partial charge in [-0.2, -0.15) is 0 Å². The van der Waals surface area contributed by atoms with Gasteiger partial charge in [0.15, 0.2) is 0 Å². The normalized spacial score (nSPS) is 25.6. The fourth-order valence-electron chi connectivity index (χ4n) is 4.50. The lowest BCUT2D eigenvalue weighted by Gasteiger charge is -2.43. The van der Waals surface area contributed by atoms with E-state index in [1.165, 1.54) is 45.1 Å². The summed E-state index contributed by atoms with van der Waals surface area (Å²) in [7, 11) is 2.34. The summed E-state index contributed by atoms with van der Waals surface area (Å²) in [4.78, 5) is 12.3. The first-order valence-corrected chi connectivity index (χ1v) is 10.8. The van der Waals surface area contributed by atoms with Crippen molar-refractivity contribution in [1.82, 2.24) is 0 Å². The molecule has 1 aliphatic heterocycles. The predicted molar refractivity (Wildman–Crippen MR) is 108 cm³/mol. The van der Waals surface area contributed by atoms with Gasteiger partial charge < -0.3 is 26.4 Å². The molecule has 1 saturated carbocycles. The van der Waals surface area contributed by atoms with E-state index in [2.05, 4.69) is 14.0 Å². The van der Waals surface area contributed by atoms with E-state index in [4.69, 9.17) is 9.47 Å². The van der Waals surface area contributed by atoms with Gasteiger partial charge in [-0.1, -0.05) is 6.42 Å². The van der Waals surface area contributed by atoms with Gasteiger partial charge in [-0.15, -0.1) is 0 Å². The molecular formula is C23H36ClNO3. The van der Waals surface area contributed by atoms with Crippen molar-refractivity contribution in [3.05, 3.63) is 29.8 Å². The van der Waals surface area contributed by atoms with E-state index in [9.17, 15) is 4.79 Å². The summed E-state index contributed by atoms with van der Waals surface area (Å²) < 4.78 is 12.6. The maximum absolute atomic E-state index is 12.3. The van der Waals surface area contributed by atoms with Crippen molar-refractivity contribution in [2.75, 3.05) is 26.7 Å².